The smallest absolute Gasteiger partial charge is 0.284 e. The molecule has 1 unspecified atom stereocenters. The largest absolute Gasteiger partial charge is 0.481 e. The molecule has 0 bridgehead atoms. The summed E-state index contributed by atoms with van der Waals surface area (Å²) >= 11 is 0. The number of hydrogen-bond donors (Lipinski definition) is 1. The van der Waals surface area contributed by atoms with Gasteiger partial charge in [-0.05, 0) is 37.1 Å². The summed E-state index contributed by atoms with van der Waals surface area (Å²) in [5.74, 6) is 0.355. The summed E-state index contributed by atoms with van der Waals surface area (Å²) in [6.07, 6.45) is -0.623. The second kappa shape index (κ2) is 7.45. The van der Waals surface area contributed by atoms with Gasteiger partial charge in [-0.25, -0.2) is 5.48 Å². The number of hydroxylamine groups is 1. The van der Waals surface area contributed by atoms with Crippen LogP contribution in [-0.4, -0.2) is 12.0 Å². The van der Waals surface area contributed by atoms with Gasteiger partial charge < -0.3 is 4.74 Å². The summed E-state index contributed by atoms with van der Waals surface area (Å²) in [5, 5.41) is 0. The first-order valence-electron chi connectivity index (χ1n) is 6.84. The van der Waals surface area contributed by atoms with Gasteiger partial charge in [-0.1, -0.05) is 42.5 Å². The molecule has 0 aliphatic rings. The minimum Gasteiger partial charge on any atom is -0.481 e. The molecule has 21 heavy (non-hydrogen) atoms. The molecule has 2 aromatic carbocycles. The van der Waals surface area contributed by atoms with Gasteiger partial charge in [0.15, 0.2) is 6.10 Å². The highest BCUT2D eigenvalue weighted by atomic mass is 16.7. The summed E-state index contributed by atoms with van der Waals surface area (Å²) in [4.78, 5) is 17.0. The zero-order valence-electron chi connectivity index (χ0n) is 12.2. The highest BCUT2D eigenvalue weighted by molar-refractivity contribution is 5.79. The van der Waals surface area contributed by atoms with Gasteiger partial charge in [0.1, 0.15) is 5.75 Å². The molecule has 110 valence electrons. The fourth-order valence-corrected chi connectivity index (χ4v) is 1.79. The molecule has 2 rings (SSSR count). The number of carbonyl (C=O) groups is 1. The summed E-state index contributed by atoms with van der Waals surface area (Å²) in [5.41, 5.74) is 4.48. The Kier molecular flexibility index (Phi) is 5.35. The van der Waals surface area contributed by atoms with Crippen molar-refractivity contribution in [1.29, 1.82) is 0 Å². The Balaban J connectivity index is 1.77. The lowest BCUT2D eigenvalue weighted by Crippen LogP contribution is -2.36. The molecule has 1 N–H and O–H groups in total. The molecule has 4 nitrogen and oxygen atoms in total. The van der Waals surface area contributed by atoms with Gasteiger partial charge in [0.05, 0.1) is 6.61 Å². The molecule has 1 amide bonds. The molecule has 1 atom stereocenters. The van der Waals surface area contributed by atoms with Crippen LogP contribution in [0, 0.1) is 6.92 Å². The Morgan fingerprint density at radius 3 is 2.62 bits per heavy atom. The van der Waals surface area contributed by atoms with E-state index >= 15 is 0 Å². The van der Waals surface area contributed by atoms with Crippen molar-refractivity contribution in [2.45, 2.75) is 26.6 Å². The third-order valence-corrected chi connectivity index (χ3v) is 2.93. The second-order valence-electron chi connectivity index (χ2n) is 4.82. The monoisotopic (exact) mass is 285 g/mol. The Hall–Kier alpha value is -2.33. The molecule has 2 aromatic rings. The molecule has 0 fully saturated rings. The zero-order chi connectivity index (χ0) is 15.1. The van der Waals surface area contributed by atoms with Crippen LogP contribution in [0.15, 0.2) is 54.6 Å². The number of carbonyl (C=O) groups excluding carboxylic acids is 1. The number of aryl methyl sites for hydroxylation is 1. The van der Waals surface area contributed by atoms with Gasteiger partial charge in [-0.15, -0.1) is 0 Å². The van der Waals surface area contributed by atoms with Crippen LogP contribution in [0.3, 0.4) is 0 Å². The fourth-order valence-electron chi connectivity index (χ4n) is 1.79. The lowest BCUT2D eigenvalue weighted by molar-refractivity contribution is -0.141. The molecule has 0 aliphatic heterocycles. The van der Waals surface area contributed by atoms with E-state index in [2.05, 4.69) is 5.48 Å². The first-order valence-corrected chi connectivity index (χ1v) is 6.84. The summed E-state index contributed by atoms with van der Waals surface area (Å²) in [6.45, 7) is 3.98. The van der Waals surface area contributed by atoms with Crippen molar-refractivity contribution in [2.75, 3.05) is 0 Å². The first kappa shape index (κ1) is 15.1. The van der Waals surface area contributed by atoms with Crippen LogP contribution in [0.2, 0.25) is 0 Å². The van der Waals surface area contributed by atoms with E-state index in [4.69, 9.17) is 9.57 Å². The molecule has 0 heterocycles. The standard InChI is InChI=1S/C17H19NO3/c1-13-7-6-10-16(11-13)21-14(2)17(19)18-20-12-15-8-4-3-5-9-15/h3-11,14H,12H2,1-2H3,(H,18,19). The molecule has 0 spiro atoms. The molecule has 0 saturated heterocycles. The van der Waals surface area contributed by atoms with Crippen LogP contribution in [0.5, 0.6) is 5.75 Å². The van der Waals surface area contributed by atoms with Gasteiger partial charge in [0.25, 0.3) is 5.91 Å². The van der Waals surface area contributed by atoms with Gasteiger partial charge in [-0.2, -0.15) is 0 Å². The van der Waals surface area contributed by atoms with Crippen molar-refractivity contribution >= 4 is 5.91 Å². The van der Waals surface area contributed by atoms with Crippen LogP contribution in [0.25, 0.3) is 0 Å². The van der Waals surface area contributed by atoms with Crippen LogP contribution >= 0.6 is 0 Å². The zero-order valence-corrected chi connectivity index (χ0v) is 12.2. The number of hydrogen-bond acceptors (Lipinski definition) is 3. The maximum atomic E-state index is 11.9. The number of ether oxygens (including phenoxy) is 1. The van der Waals surface area contributed by atoms with Gasteiger partial charge >= 0.3 is 0 Å². The molecule has 0 radical (unpaired) electrons. The SMILES string of the molecule is Cc1cccc(OC(C)C(=O)NOCc2ccccc2)c1. The van der Waals surface area contributed by atoms with Crippen molar-refractivity contribution in [3.8, 4) is 5.75 Å². The van der Waals surface area contributed by atoms with Crippen LogP contribution < -0.4 is 10.2 Å². The van der Waals surface area contributed by atoms with Crippen molar-refractivity contribution in [3.05, 3.63) is 65.7 Å². The van der Waals surface area contributed by atoms with E-state index in [9.17, 15) is 4.79 Å². The average molecular weight is 285 g/mol. The van der Waals surface area contributed by atoms with E-state index in [1.807, 2.05) is 61.5 Å². The predicted molar refractivity (Wildman–Crippen MR) is 80.6 cm³/mol. The second-order valence-corrected chi connectivity index (χ2v) is 4.82. The normalized spacial score (nSPS) is 11.7. The van der Waals surface area contributed by atoms with Gasteiger partial charge in [-0.3, -0.25) is 9.63 Å². The summed E-state index contributed by atoms with van der Waals surface area (Å²) in [7, 11) is 0. The van der Waals surface area contributed by atoms with E-state index in [0.29, 0.717) is 12.4 Å². The Labute approximate surface area is 124 Å². The van der Waals surface area contributed by atoms with E-state index in [1.54, 1.807) is 6.92 Å². The highest BCUT2D eigenvalue weighted by Gasteiger charge is 2.14. The van der Waals surface area contributed by atoms with Crippen molar-refractivity contribution in [1.82, 2.24) is 5.48 Å². The number of rotatable bonds is 6. The van der Waals surface area contributed by atoms with Crippen molar-refractivity contribution < 1.29 is 14.4 Å². The minimum absolute atomic E-state index is 0.313. The molecule has 0 aliphatic carbocycles. The van der Waals surface area contributed by atoms with Crippen LogP contribution in [-0.2, 0) is 16.2 Å². The maximum Gasteiger partial charge on any atom is 0.284 e. The minimum atomic E-state index is -0.623. The number of benzene rings is 2. The lowest BCUT2D eigenvalue weighted by atomic mass is 10.2. The van der Waals surface area contributed by atoms with E-state index < -0.39 is 6.10 Å². The van der Waals surface area contributed by atoms with Crippen LogP contribution in [0.4, 0.5) is 0 Å². The molecule has 0 aromatic heterocycles. The van der Waals surface area contributed by atoms with Gasteiger partial charge in [0.2, 0.25) is 0 Å². The molecular weight excluding hydrogens is 266 g/mol. The third-order valence-electron chi connectivity index (χ3n) is 2.93. The summed E-state index contributed by atoms with van der Waals surface area (Å²) < 4.78 is 5.57. The quantitative estimate of drug-likeness (QED) is 0.830. The van der Waals surface area contributed by atoms with E-state index in [1.165, 1.54) is 0 Å². The lowest BCUT2D eigenvalue weighted by Gasteiger charge is -2.14. The summed E-state index contributed by atoms with van der Waals surface area (Å²) in [6, 6.07) is 17.2. The highest BCUT2D eigenvalue weighted by Crippen LogP contribution is 2.14. The number of amides is 1. The van der Waals surface area contributed by atoms with Gasteiger partial charge in [0, 0.05) is 0 Å². The van der Waals surface area contributed by atoms with E-state index in [-0.39, 0.29) is 5.91 Å². The van der Waals surface area contributed by atoms with Crippen molar-refractivity contribution in [3.63, 3.8) is 0 Å². The van der Waals surface area contributed by atoms with Crippen LogP contribution in [0.1, 0.15) is 18.1 Å². The average Bonchev–Trinajstić information content (AvgIpc) is 2.48. The Morgan fingerprint density at radius 2 is 1.90 bits per heavy atom. The predicted octanol–water partition coefficient (Wildman–Crippen LogP) is 3.01. The Morgan fingerprint density at radius 1 is 1.14 bits per heavy atom. The first-order chi connectivity index (χ1) is 10.1. The molecular formula is C17H19NO3. The number of nitrogens with one attached hydrogen (secondary N) is 1. The van der Waals surface area contributed by atoms with E-state index in [0.717, 1.165) is 11.1 Å². The Bertz CT molecular complexity index is 584. The molecule has 4 heteroatoms. The maximum absolute atomic E-state index is 11.9. The topological polar surface area (TPSA) is 47.6 Å². The van der Waals surface area contributed by atoms with Crippen molar-refractivity contribution in [2.24, 2.45) is 0 Å². The molecule has 0 saturated carbocycles. The fraction of sp³-hybridized carbons (Fsp3) is 0.235. The third kappa shape index (κ3) is 4.93.